The number of fused-ring (bicyclic) bond motifs is 1. The van der Waals surface area contributed by atoms with Gasteiger partial charge in [-0.1, -0.05) is 6.07 Å². The van der Waals surface area contributed by atoms with Gasteiger partial charge >= 0.3 is 0 Å². The van der Waals surface area contributed by atoms with Crippen molar-refractivity contribution >= 4 is 16.7 Å². The van der Waals surface area contributed by atoms with Crippen molar-refractivity contribution < 1.29 is 9.47 Å². The number of nitrogen functional groups attached to an aromatic ring is 1. The van der Waals surface area contributed by atoms with E-state index in [1.165, 1.54) is 11.7 Å². The van der Waals surface area contributed by atoms with Crippen LogP contribution in [0.3, 0.4) is 0 Å². The second kappa shape index (κ2) is 7.09. The van der Waals surface area contributed by atoms with Crippen molar-refractivity contribution in [2.45, 2.75) is 20.8 Å². The lowest BCUT2D eigenvalue weighted by atomic mass is 10.1. The third kappa shape index (κ3) is 3.00. The Kier molecular flexibility index (Phi) is 4.84. The van der Waals surface area contributed by atoms with E-state index >= 15 is 0 Å². The number of anilines is 1. The number of nitrogens with two attached hydrogens (primary N) is 1. The molecule has 2 heterocycles. The molecule has 0 saturated carbocycles. The second-order valence-electron chi connectivity index (χ2n) is 6.33. The van der Waals surface area contributed by atoms with E-state index in [1.54, 1.807) is 12.3 Å². The van der Waals surface area contributed by atoms with Gasteiger partial charge in [0, 0.05) is 18.9 Å². The summed E-state index contributed by atoms with van der Waals surface area (Å²) in [6.07, 6.45) is 1.61. The highest BCUT2D eigenvalue weighted by Gasteiger charge is 2.20. The van der Waals surface area contributed by atoms with Gasteiger partial charge in [0.15, 0.2) is 6.79 Å². The van der Waals surface area contributed by atoms with Crippen LogP contribution in [0, 0.1) is 32.1 Å². The lowest BCUT2D eigenvalue weighted by Crippen LogP contribution is -2.25. The van der Waals surface area contributed by atoms with E-state index in [9.17, 15) is 10.1 Å². The zero-order chi connectivity index (χ0) is 19.7. The topological polar surface area (TPSA) is 103 Å². The maximum absolute atomic E-state index is 13.3. The fraction of sp³-hybridized carbons (Fsp3) is 0.250. The fourth-order valence-electron chi connectivity index (χ4n) is 3.17. The first-order valence-corrected chi connectivity index (χ1v) is 8.34. The molecule has 0 bridgehead atoms. The summed E-state index contributed by atoms with van der Waals surface area (Å²) in [6, 6.07) is 7.45. The smallest absolute Gasteiger partial charge is 0.266 e. The first-order valence-electron chi connectivity index (χ1n) is 8.34. The van der Waals surface area contributed by atoms with Crippen molar-refractivity contribution in [3.63, 3.8) is 0 Å². The average Bonchev–Trinajstić information content (AvgIpc) is 2.64. The fourth-order valence-corrected chi connectivity index (χ4v) is 3.17. The van der Waals surface area contributed by atoms with Crippen molar-refractivity contribution in [3.05, 3.63) is 57.0 Å². The summed E-state index contributed by atoms with van der Waals surface area (Å²) >= 11 is 0. The number of nitrogens with zero attached hydrogens (tertiary/aromatic N) is 3. The molecule has 2 aromatic heterocycles. The van der Waals surface area contributed by atoms with Gasteiger partial charge in [0.05, 0.1) is 16.6 Å². The molecule has 138 valence electrons. The Morgan fingerprint density at radius 2 is 2.04 bits per heavy atom. The van der Waals surface area contributed by atoms with Gasteiger partial charge in [0.1, 0.15) is 23.2 Å². The van der Waals surface area contributed by atoms with Crippen LogP contribution >= 0.6 is 0 Å². The monoisotopic (exact) mass is 364 g/mol. The molecule has 0 spiro atoms. The third-order valence-corrected chi connectivity index (χ3v) is 4.44. The van der Waals surface area contributed by atoms with Crippen molar-refractivity contribution in [1.82, 2.24) is 9.55 Å². The van der Waals surface area contributed by atoms with Crippen LogP contribution in [0.2, 0.25) is 0 Å². The molecule has 0 atom stereocenters. The Hall–Kier alpha value is -3.37. The van der Waals surface area contributed by atoms with E-state index in [0.29, 0.717) is 22.3 Å². The van der Waals surface area contributed by atoms with Crippen molar-refractivity contribution in [1.29, 1.82) is 5.26 Å². The number of hydrogen-bond donors (Lipinski definition) is 1. The largest absolute Gasteiger partial charge is 0.467 e. The van der Waals surface area contributed by atoms with E-state index in [1.807, 2.05) is 32.9 Å². The first kappa shape index (κ1) is 18.4. The molecular weight excluding hydrogens is 344 g/mol. The quantitative estimate of drug-likeness (QED) is 0.714. The molecule has 3 rings (SSSR count). The van der Waals surface area contributed by atoms with Gasteiger partial charge < -0.3 is 15.2 Å². The number of aryl methyl sites for hydroxylation is 2. The number of hydrogen-bond acceptors (Lipinski definition) is 6. The molecule has 0 amide bonds. The van der Waals surface area contributed by atoms with E-state index in [-0.39, 0.29) is 23.7 Å². The van der Waals surface area contributed by atoms with Gasteiger partial charge in [-0.3, -0.25) is 14.3 Å². The number of rotatable bonds is 4. The maximum Gasteiger partial charge on any atom is 0.266 e. The highest BCUT2D eigenvalue weighted by atomic mass is 16.7. The van der Waals surface area contributed by atoms with Crippen LogP contribution in [0.4, 0.5) is 5.82 Å². The highest BCUT2D eigenvalue weighted by Crippen LogP contribution is 2.30. The number of pyridine rings is 2. The van der Waals surface area contributed by atoms with Crippen LogP contribution in [-0.4, -0.2) is 23.5 Å². The molecule has 0 aliphatic carbocycles. The molecule has 1 aromatic carbocycles. The van der Waals surface area contributed by atoms with Crippen LogP contribution in [-0.2, 0) is 4.74 Å². The van der Waals surface area contributed by atoms with Gasteiger partial charge in [-0.05, 0) is 44.0 Å². The molecule has 0 aliphatic rings. The first-order chi connectivity index (χ1) is 12.9. The maximum atomic E-state index is 13.3. The minimum atomic E-state index is -0.326. The van der Waals surface area contributed by atoms with Gasteiger partial charge in [0.2, 0.25) is 0 Å². The molecule has 0 unspecified atom stereocenters. The molecule has 0 saturated heterocycles. The number of benzene rings is 1. The Morgan fingerprint density at radius 1 is 1.30 bits per heavy atom. The standard InChI is InChI=1S/C20H20N4O3/c1-11-7-14-17(23-9-11)15(8-21)19(22)24(20(14)25)18-12(2)5-6-16(13(18)3)27-10-26-4/h5-7,9H,10,22H2,1-4H3. The SMILES string of the molecule is COCOc1ccc(C)c(-n2c(N)c(C#N)c3ncc(C)cc3c2=O)c1C. The molecule has 0 fully saturated rings. The molecule has 7 nitrogen and oxygen atoms in total. The number of nitriles is 1. The van der Waals surface area contributed by atoms with Crippen LogP contribution in [0.15, 0.2) is 29.2 Å². The van der Waals surface area contributed by atoms with Gasteiger partial charge in [0.25, 0.3) is 5.56 Å². The molecule has 27 heavy (non-hydrogen) atoms. The zero-order valence-electron chi connectivity index (χ0n) is 15.7. The summed E-state index contributed by atoms with van der Waals surface area (Å²) in [5, 5.41) is 9.98. The Bertz CT molecular complexity index is 1140. The highest BCUT2D eigenvalue weighted by molar-refractivity contribution is 5.88. The van der Waals surface area contributed by atoms with Gasteiger partial charge in [-0.25, -0.2) is 0 Å². The molecule has 0 radical (unpaired) electrons. The lowest BCUT2D eigenvalue weighted by molar-refractivity contribution is 0.0506. The second-order valence-corrected chi connectivity index (χ2v) is 6.33. The minimum Gasteiger partial charge on any atom is -0.467 e. The van der Waals surface area contributed by atoms with E-state index in [4.69, 9.17) is 15.2 Å². The molecule has 2 N–H and O–H groups in total. The van der Waals surface area contributed by atoms with Crippen LogP contribution in [0.1, 0.15) is 22.3 Å². The van der Waals surface area contributed by atoms with Crippen LogP contribution in [0.5, 0.6) is 5.75 Å². The summed E-state index contributed by atoms with van der Waals surface area (Å²) in [5.74, 6) is 0.631. The van der Waals surface area contributed by atoms with Crippen molar-refractivity contribution in [3.8, 4) is 17.5 Å². The lowest BCUT2D eigenvalue weighted by Gasteiger charge is -2.19. The molecule has 0 aliphatic heterocycles. The predicted molar refractivity (Wildman–Crippen MR) is 103 cm³/mol. The summed E-state index contributed by atoms with van der Waals surface area (Å²) in [5.41, 5.74) is 9.38. The van der Waals surface area contributed by atoms with Gasteiger partial charge in [-0.2, -0.15) is 5.26 Å². The van der Waals surface area contributed by atoms with Crippen LogP contribution < -0.4 is 16.0 Å². The Morgan fingerprint density at radius 3 is 2.70 bits per heavy atom. The van der Waals surface area contributed by atoms with Crippen LogP contribution in [0.25, 0.3) is 16.6 Å². The Labute approximate surface area is 156 Å². The zero-order valence-corrected chi connectivity index (χ0v) is 15.7. The van der Waals surface area contributed by atoms with E-state index in [2.05, 4.69) is 11.1 Å². The van der Waals surface area contributed by atoms with Gasteiger partial charge in [-0.15, -0.1) is 0 Å². The summed E-state index contributed by atoms with van der Waals surface area (Å²) in [7, 11) is 1.53. The molecular formula is C20H20N4O3. The minimum absolute atomic E-state index is 0.0569. The molecule has 3 aromatic rings. The number of methoxy groups -OCH3 is 1. The van der Waals surface area contributed by atoms with E-state index < -0.39 is 0 Å². The Balaban J connectivity index is 2.43. The summed E-state index contributed by atoms with van der Waals surface area (Å²) < 4.78 is 11.9. The average molecular weight is 364 g/mol. The number of aromatic nitrogens is 2. The van der Waals surface area contributed by atoms with Crippen molar-refractivity contribution in [2.24, 2.45) is 0 Å². The third-order valence-electron chi connectivity index (χ3n) is 4.44. The van der Waals surface area contributed by atoms with E-state index in [0.717, 1.165) is 16.7 Å². The normalized spacial score (nSPS) is 10.8. The number of ether oxygens (including phenoxy) is 2. The molecule has 7 heteroatoms. The van der Waals surface area contributed by atoms with Crippen molar-refractivity contribution in [2.75, 3.05) is 19.6 Å². The summed E-state index contributed by atoms with van der Waals surface area (Å²) in [6.45, 7) is 5.63. The summed E-state index contributed by atoms with van der Waals surface area (Å²) in [4.78, 5) is 17.5. The predicted octanol–water partition coefficient (Wildman–Crippen LogP) is 2.75.